The van der Waals surface area contributed by atoms with Crippen molar-refractivity contribution in [3.05, 3.63) is 47.9 Å². The fourth-order valence-electron chi connectivity index (χ4n) is 3.75. The van der Waals surface area contributed by atoms with Crippen LogP contribution in [0.25, 0.3) is 0 Å². The molecule has 4 rings (SSSR count). The van der Waals surface area contributed by atoms with Gasteiger partial charge in [0.15, 0.2) is 0 Å². The van der Waals surface area contributed by atoms with Gasteiger partial charge in [0.05, 0.1) is 19.4 Å². The standard InChI is InChI=1S/C21H27N3O5S/c1-28-19-9-6-15(13-20(19)30(26,27)23-16-7-8-16)21(25)22-14-17(18-5-4-12-29-18)24-10-2-3-11-24/h4-6,9,12-13,16-17,23H,2-3,7-8,10-11,14H2,1H3,(H,22,25)/t17-/m1/s1. The number of furan rings is 1. The van der Waals surface area contributed by atoms with Crippen molar-refractivity contribution >= 4 is 15.9 Å². The molecule has 2 heterocycles. The molecule has 1 saturated carbocycles. The van der Waals surface area contributed by atoms with Gasteiger partial charge in [0.1, 0.15) is 16.4 Å². The molecule has 0 spiro atoms. The second kappa shape index (κ2) is 8.79. The molecular weight excluding hydrogens is 406 g/mol. The lowest BCUT2D eigenvalue weighted by Gasteiger charge is -2.26. The molecule has 1 saturated heterocycles. The second-order valence-electron chi connectivity index (χ2n) is 7.75. The molecule has 2 fully saturated rings. The number of benzene rings is 1. The molecule has 1 aromatic heterocycles. The minimum absolute atomic E-state index is 0.0216. The van der Waals surface area contributed by atoms with E-state index in [9.17, 15) is 13.2 Å². The minimum atomic E-state index is -3.75. The lowest BCUT2D eigenvalue weighted by molar-refractivity contribution is 0.0933. The summed E-state index contributed by atoms with van der Waals surface area (Å²) in [5, 5.41) is 2.94. The fourth-order valence-corrected chi connectivity index (χ4v) is 5.25. The Bertz CT molecular complexity index is 980. The Balaban J connectivity index is 1.50. The quantitative estimate of drug-likeness (QED) is 0.629. The molecule has 2 N–H and O–H groups in total. The van der Waals surface area contributed by atoms with Crippen LogP contribution in [0, 0.1) is 0 Å². The number of amides is 1. The highest BCUT2D eigenvalue weighted by atomic mass is 32.2. The maximum Gasteiger partial charge on any atom is 0.251 e. The zero-order valence-corrected chi connectivity index (χ0v) is 17.8. The Morgan fingerprint density at radius 2 is 2.03 bits per heavy atom. The van der Waals surface area contributed by atoms with Gasteiger partial charge in [-0.15, -0.1) is 0 Å². The third kappa shape index (κ3) is 4.69. The van der Waals surface area contributed by atoms with Gasteiger partial charge in [0, 0.05) is 18.2 Å². The number of carbonyl (C=O) groups is 1. The van der Waals surface area contributed by atoms with Gasteiger partial charge >= 0.3 is 0 Å². The predicted octanol–water partition coefficient (Wildman–Crippen LogP) is 2.30. The van der Waals surface area contributed by atoms with E-state index in [4.69, 9.17) is 9.15 Å². The third-order valence-corrected chi connectivity index (χ3v) is 7.07. The van der Waals surface area contributed by atoms with Gasteiger partial charge < -0.3 is 14.5 Å². The number of rotatable bonds is 9. The lowest BCUT2D eigenvalue weighted by Crippen LogP contribution is -2.36. The van der Waals surface area contributed by atoms with Crippen LogP contribution in [0.2, 0.25) is 0 Å². The number of carbonyl (C=O) groups excluding carboxylic acids is 1. The highest BCUT2D eigenvalue weighted by Crippen LogP contribution is 2.29. The second-order valence-corrected chi connectivity index (χ2v) is 9.43. The number of methoxy groups -OCH3 is 1. The Morgan fingerprint density at radius 1 is 1.27 bits per heavy atom. The van der Waals surface area contributed by atoms with E-state index >= 15 is 0 Å². The summed E-state index contributed by atoms with van der Waals surface area (Å²) in [4.78, 5) is 15.1. The van der Waals surface area contributed by atoms with Crippen molar-refractivity contribution in [2.24, 2.45) is 0 Å². The van der Waals surface area contributed by atoms with Crippen LogP contribution >= 0.6 is 0 Å². The van der Waals surface area contributed by atoms with Gasteiger partial charge in [-0.25, -0.2) is 13.1 Å². The minimum Gasteiger partial charge on any atom is -0.495 e. The average Bonchev–Trinajstić information content (AvgIpc) is 3.18. The molecule has 162 valence electrons. The zero-order chi connectivity index (χ0) is 21.1. The molecular formula is C21H27N3O5S. The summed E-state index contributed by atoms with van der Waals surface area (Å²) in [6.07, 6.45) is 5.53. The number of likely N-dealkylation sites (tertiary alicyclic amines) is 1. The molecule has 1 aliphatic carbocycles. The van der Waals surface area contributed by atoms with E-state index in [0.29, 0.717) is 6.54 Å². The van der Waals surface area contributed by atoms with Crippen molar-refractivity contribution in [2.45, 2.75) is 42.7 Å². The highest BCUT2D eigenvalue weighted by Gasteiger charge is 2.31. The lowest BCUT2D eigenvalue weighted by atomic mass is 10.1. The van der Waals surface area contributed by atoms with Crippen molar-refractivity contribution in [2.75, 3.05) is 26.7 Å². The van der Waals surface area contributed by atoms with Crippen molar-refractivity contribution in [3.8, 4) is 5.75 Å². The molecule has 1 amide bonds. The monoisotopic (exact) mass is 433 g/mol. The molecule has 1 aliphatic heterocycles. The largest absolute Gasteiger partial charge is 0.495 e. The van der Waals surface area contributed by atoms with Crippen molar-refractivity contribution < 1.29 is 22.4 Å². The highest BCUT2D eigenvalue weighted by molar-refractivity contribution is 7.89. The smallest absolute Gasteiger partial charge is 0.251 e. The van der Waals surface area contributed by atoms with Gasteiger partial charge in [-0.1, -0.05) is 0 Å². The molecule has 0 unspecified atom stereocenters. The Morgan fingerprint density at radius 3 is 2.67 bits per heavy atom. The molecule has 2 aliphatic rings. The number of sulfonamides is 1. The third-order valence-electron chi connectivity index (χ3n) is 5.52. The van der Waals surface area contributed by atoms with E-state index in [0.717, 1.165) is 44.5 Å². The van der Waals surface area contributed by atoms with E-state index in [2.05, 4.69) is 14.9 Å². The van der Waals surface area contributed by atoms with Crippen LogP contribution in [0.15, 0.2) is 45.9 Å². The topological polar surface area (TPSA) is 101 Å². The SMILES string of the molecule is COc1ccc(C(=O)NC[C@H](c2ccco2)N2CCCC2)cc1S(=O)(=O)NC1CC1. The molecule has 1 atom stereocenters. The van der Waals surface area contributed by atoms with Gasteiger partial charge in [0.25, 0.3) is 5.91 Å². The van der Waals surface area contributed by atoms with Crippen molar-refractivity contribution in [1.82, 2.24) is 14.9 Å². The summed E-state index contributed by atoms with van der Waals surface area (Å²) < 4.78 is 38.8. The van der Waals surface area contributed by atoms with Crippen molar-refractivity contribution in [1.29, 1.82) is 0 Å². The molecule has 2 aromatic rings. The number of hydrogen-bond acceptors (Lipinski definition) is 6. The first-order chi connectivity index (χ1) is 14.5. The summed E-state index contributed by atoms with van der Waals surface area (Å²) in [6.45, 7) is 2.29. The fraction of sp³-hybridized carbons (Fsp3) is 0.476. The number of hydrogen-bond donors (Lipinski definition) is 2. The van der Waals surface area contributed by atoms with Crippen LogP contribution in [-0.4, -0.2) is 52.0 Å². The normalized spacial score (nSPS) is 18.3. The van der Waals surface area contributed by atoms with Gasteiger partial charge in [-0.2, -0.15) is 0 Å². The van der Waals surface area contributed by atoms with E-state index in [1.807, 2.05) is 12.1 Å². The Hall–Kier alpha value is -2.36. The summed E-state index contributed by atoms with van der Waals surface area (Å²) in [5.74, 6) is 0.685. The van der Waals surface area contributed by atoms with Crippen LogP contribution in [0.5, 0.6) is 5.75 Å². The Kier molecular flexibility index (Phi) is 6.12. The van der Waals surface area contributed by atoms with E-state index in [-0.39, 0.29) is 34.2 Å². The van der Waals surface area contributed by atoms with E-state index < -0.39 is 10.0 Å². The van der Waals surface area contributed by atoms with Gasteiger partial charge in [0.2, 0.25) is 10.0 Å². The molecule has 9 heteroatoms. The van der Waals surface area contributed by atoms with Gasteiger partial charge in [-0.3, -0.25) is 9.69 Å². The van der Waals surface area contributed by atoms with E-state index in [1.165, 1.54) is 19.2 Å². The maximum atomic E-state index is 12.8. The number of ether oxygens (including phenoxy) is 1. The molecule has 1 aromatic carbocycles. The summed E-state index contributed by atoms with van der Waals surface area (Å²) in [7, 11) is -2.34. The summed E-state index contributed by atoms with van der Waals surface area (Å²) in [5.41, 5.74) is 0.270. The first-order valence-corrected chi connectivity index (χ1v) is 11.7. The van der Waals surface area contributed by atoms with E-state index in [1.54, 1.807) is 12.3 Å². The van der Waals surface area contributed by atoms with Crippen molar-refractivity contribution in [3.63, 3.8) is 0 Å². The number of nitrogens with one attached hydrogen (secondary N) is 2. The maximum absolute atomic E-state index is 12.8. The first kappa shape index (κ1) is 20.9. The van der Waals surface area contributed by atoms with Crippen LogP contribution in [0.1, 0.15) is 47.8 Å². The zero-order valence-electron chi connectivity index (χ0n) is 17.0. The van der Waals surface area contributed by atoms with Crippen LogP contribution in [-0.2, 0) is 10.0 Å². The predicted molar refractivity (Wildman–Crippen MR) is 111 cm³/mol. The van der Waals surface area contributed by atoms with Gasteiger partial charge in [-0.05, 0) is 69.1 Å². The summed E-state index contributed by atoms with van der Waals surface area (Å²) in [6, 6.07) is 8.13. The van der Waals surface area contributed by atoms with Crippen LogP contribution in [0.3, 0.4) is 0 Å². The van der Waals surface area contributed by atoms with Crippen LogP contribution in [0.4, 0.5) is 0 Å². The molecule has 0 radical (unpaired) electrons. The molecule has 30 heavy (non-hydrogen) atoms. The molecule has 8 nitrogen and oxygen atoms in total. The average molecular weight is 434 g/mol. The first-order valence-electron chi connectivity index (χ1n) is 10.2. The number of nitrogens with zero attached hydrogens (tertiary/aromatic N) is 1. The molecule has 0 bridgehead atoms. The Labute approximate surface area is 176 Å². The summed E-state index contributed by atoms with van der Waals surface area (Å²) >= 11 is 0. The van der Waals surface area contributed by atoms with Crippen LogP contribution < -0.4 is 14.8 Å².